The predicted octanol–water partition coefficient (Wildman–Crippen LogP) is 5.79. The van der Waals surface area contributed by atoms with Crippen LogP contribution in [0.1, 0.15) is 49.6 Å². The Labute approximate surface area is 241 Å². The highest BCUT2D eigenvalue weighted by molar-refractivity contribution is 7.09. The van der Waals surface area contributed by atoms with Gasteiger partial charge in [0.15, 0.2) is 0 Å². The zero-order valence-corrected chi connectivity index (χ0v) is 24.5. The van der Waals surface area contributed by atoms with E-state index in [0.717, 1.165) is 79.3 Å². The molecular weight excluding hydrogens is 520 g/mol. The summed E-state index contributed by atoms with van der Waals surface area (Å²) in [5.41, 5.74) is 3.59. The van der Waals surface area contributed by atoms with E-state index in [1.807, 2.05) is 53.6 Å². The Bertz CT molecular complexity index is 1310. The van der Waals surface area contributed by atoms with Gasteiger partial charge in [0.25, 0.3) is 0 Å². The molecule has 8 heteroatoms. The van der Waals surface area contributed by atoms with Gasteiger partial charge in [0, 0.05) is 23.2 Å². The van der Waals surface area contributed by atoms with E-state index in [1.54, 1.807) is 11.3 Å². The van der Waals surface area contributed by atoms with Crippen LogP contribution in [0.3, 0.4) is 0 Å². The van der Waals surface area contributed by atoms with Crippen LogP contribution in [-0.4, -0.2) is 65.9 Å². The van der Waals surface area contributed by atoms with Gasteiger partial charge < -0.3 is 15.0 Å². The smallest absolute Gasteiger partial charge is 0.238 e. The van der Waals surface area contributed by atoms with E-state index in [-0.39, 0.29) is 17.2 Å². The molecule has 3 heterocycles. The van der Waals surface area contributed by atoms with E-state index >= 15 is 0 Å². The largest absolute Gasteiger partial charge is 0.491 e. The van der Waals surface area contributed by atoms with E-state index < -0.39 is 0 Å². The molecule has 0 aliphatic carbocycles. The maximum absolute atomic E-state index is 13.9. The Balaban J connectivity index is 1.19. The number of aromatic nitrogens is 1. The summed E-state index contributed by atoms with van der Waals surface area (Å²) < 4.78 is 6.11. The molecule has 1 aromatic heterocycles. The summed E-state index contributed by atoms with van der Waals surface area (Å²) in [6.45, 7) is 7.63. The van der Waals surface area contributed by atoms with Crippen molar-refractivity contribution in [2.24, 2.45) is 5.41 Å². The normalized spacial score (nSPS) is 18.4. The summed E-state index contributed by atoms with van der Waals surface area (Å²) in [4.78, 5) is 35.6. The van der Waals surface area contributed by atoms with Crippen molar-refractivity contribution >= 4 is 28.8 Å². The third-order valence-corrected chi connectivity index (χ3v) is 9.08. The van der Waals surface area contributed by atoms with Crippen molar-refractivity contribution in [3.05, 3.63) is 64.5 Å². The summed E-state index contributed by atoms with van der Waals surface area (Å²) in [6, 6.07) is 16.1. The topological polar surface area (TPSA) is 74.8 Å². The van der Waals surface area contributed by atoms with Crippen molar-refractivity contribution in [2.45, 2.75) is 52.4 Å². The number of nitrogens with one attached hydrogen (secondary N) is 1. The van der Waals surface area contributed by atoms with Crippen molar-refractivity contribution in [3.8, 4) is 17.0 Å². The molecule has 1 saturated heterocycles. The number of anilines is 1. The SMILES string of the molecule is CCN1CCOc2ccccc2CCCCC2(CCN(CC(=O)Nc3cccc(-c4csc(C)n4)c3)CC2)C1=O. The lowest BCUT2D eigenvalue weighted by Crippen LogP contribution is -2.52. The summed E-state index contributed by atoms with van der Waals surface area (Å²) in [5.74, 6) is 1.17. The highest BCUT2D eigenvalue weighted by Crippen LogP contribution is 2.39. The molecule has 2 aromatic carbocycles. The van der Waals surface area contributed by atoms with Crippen LogP contribution < -0.4 is 10.1 Å². The number of amides is 2. The van der Waals surface area contributed by atoms with Gasteiger partial charge in [-0.3, -0.25) is 14.5 Å². The van der Waals surface area contributed by atoms with E-state index in [2.05, 4.69) is 34.3 Å². The van der Waals surface area contributed by atoms with Crippen LogP contribution in [0.4, 0.5) is 5.69 Å². The average molecular weight is 561 g/mol. The first-order valence-corrected chi connectivity index (χ1v) is 15.4. The zero-order valence-electron chi connectivity index (χ0n) is 23.7. The molecule has 0 unspecified atom stereocenters. The number of likely N-dealkylation sites (tertiary alicyclic amines) is 1. The van der Waals surface area contributed by atoms with Crippen molar-refractivity contribution in [2.75, 3.05) is 44.6 Å². The maximum Gasteiger partial charge on any atom is 0.238 e. The molecule has 1 spiro atoms. The molecular formula is C32H40N4O3S. The molecule has 0 radical (unpaired) electrons. The first-order valence-electron chi connectivity index (χ1n) is 14.5. The predicted molar refractivity (Wildman–Crippen MR) is 161 cm³/mol. The molecule has 2 aliphatic heterocycles. The molecule has 212 valence electrons. The molecule has 2 aliphatic rings. The second-order valence-corrected chi connectivity index (χ2v) is 12.0. The van der Waals surface area contributed by atoms with Crippen LogP contribution in [0.15, 0.2) is 53.9 Å². The minimum atomic E-state index is -0.359. The number of ether oxygens (including phenoxy) is 1. The molecule has 1 N–H and O–H groups in total. The van der Waals surface area contributed by atoms with Crippen LogP contribution in [0.5, 0.6) is 5.75 Å². The molecule has 0 bridgehead atoms. The summed E-state index contributed by atoms with van der Waals surface area (Å²) in [7, 11) is 0. The lowest BCUT2D eigenvalue weighted by molar-refractivity contribution is -0.146. The molecule has 3 aromatic rings. The Hall–Kier alpha value is -3.23. The van der Waals surface area contributed by atoms with Gasteiger partial charge in [-0.15, -0.1) is 11.3 Å². The van der Waals surface area contributed by atoms with E-state index in [9.17, 15) is 9.59 Å². The molecule has 5 rings (SSSR count). The fourth-order valence-corrected chi connectivity index (χ4v) is 6.62. The van der Waals surface area contributed by atoms with Gasteiger partial charge in [-0.1, -0.05) is 36.8 Å². The van der Waals surface area contributed by atoms with Crippen LogP contribution in [0, 0.1) is 12.3 Å². The van der Waals surface area contributed by atoms with Crippen LogP contribution in [0.25, 0.3) is 11.3 Å². The Morgan fingerprint density at radius 1 is 1.07 bits per heavy atom. The summed E-state index contributed by atoms with van der Waals surface area (Å²) in [6.07, 6.45) is 5.47. The van der Waals surface area contributed by atoms with Gasteiger partial charge >= 0.3 is 0 Å². The summed E-state index contributed by atoms with van der Waals surface area (Å²) >= 11 is 1.62. The minimum Gasteiger partial charge on any atom is -0.491 e. The number of thiazole rings is 1. The van der Waals surface area contributed by atoms with Crippen molar-refractivity contribution in [3.63, 3.8) is 0 Å². The quantitative estimate of drug-likeness (QED) is 0.427. The minimum absolute atomic E-state index is 0.0291. The molecule has 7 nitrogen and oxygen atoms in total. The molecule has 2 amide bonds. The fourth-order valence-electron chi connectivity index (χ4n) is 6.00. The maximum atomic E-state index is 13.9. The lowest BCUT2D eigenvalue weighted by atomic mass is 9.73. The standard InChI is InChI=1S/C32H40N4O3S/c1-3-36-19-20-39-29-13-5-4-9-25(29)10-6-7-14-32(31(36)38)15-17-35(18-16-32)22-30(37)34-27-12-8-11-26(21-27)28-23-40-24(2)33-28/h4-5,8-9,11-13,21,23H,3,6-7,10,14-20,22H2,1-2H3,(H,34,37). The second-order valence-electron chi connectivity index (χ2n) is 11.0. The summed E-state index contributed by atoms with van der Waals surface area (Å²) in [5, 5.41) is 6.12. The number of benzene rings is 2. The molecule has 1 fully saturated rings. The van der Waals surface area contributed by atoms with Crippen molar-refractivity contribution < 1.29 is 14.3 Å². The molecule has 0 saturated carbocycles. The monoisotopic (exact) mass is 560 g/mol. The Morgan fingerprint density at radius 3 is 2.67 bits per heavy atom. The zero-order chi connectivity index (χ0) is 28.0. The molecule has 0 atom stereocenters. The van der Waals surface area contributed by atoms with E-state index in [0.29, 0.717) is 26.2 Å². The number of fused-ring (bicyclic) bond motifs is 1. The van der Waals surface area contributed by atoms with Crippen LogP contribution in [-0.2, 0) is 16.0 Å². The van der Waals surface area contributed by atoms with Gasteiger partial charge in [-0.05, 0) is 82.8 Å². The van der Waals surface area contributed by atoms with Gasteiger partial charge in [-0.2, -0.15) is 0 Å². The van der Waals surface area contributed by atoms with Crippen molar-refractivity contribution in [1.29, 1.82) is 0 Å². The number of hydrogen-bond donors (Lipinski definition) is 1. The number of aryl methyl sites for hydroxylation is 2. The first kappa shape index (κ1) is 28.3. The highest BCUT2D eigenvalue weighted by atomic mass is 32.1. The van der Waals surface area contributed by atoms with Gasteiger partial charge in [-0.25, -0.2) is 4.98 Å². The average Bonchev–Trinajstić information content (AvgIpc) is 3.40. The van der Waals surface area contributed by atoms with Gasteiger partial charge in [0.05, 0.1) is 29.2 Å². The van der Waals surface area contributed by atoms with E-state index in [4.69, 9.17) is 4.74 Å². The second kappa shape index (κ2) is 13.0. The highest BCUT2D eigenvalue weighted by Gasteiger charge is 2.43. The van der Waals surface area contributed by atoms with Crippen LogP contribution >= 0.6 is 11.3 Å². The number of carbonyl (C=O) groups is 2. The number of rotatable bonds is 5. The van der Waals surface area contributed by atoms with Gasteiger partial charge in [0.2, 0.25) is 11.8 Å². The van der Waals surface area contributed by atoms with Crippen molar-refractivity contribution in [1.82, 2.24) is 14.8 Å². The number of nitrogens with zero attached hydrogens (tertiary/aromatic N) is 3. The van der Waals surface area contributed by atoms with E-state index in [1.165, 1.54) is 5.56 Å². The number of piperidine rings is 1. The number of likely N-dealkylation sites (N-methyl/N-ethyl adjacent to an activating group) is 1. The fraction of sp³-hybridized carbons (Fsp3) is 0.469. The van der Waals surface area contributed by atoms with Crippen LogP contribution in [0.2, 0.25) is 0 Å². The number of hydrogen-bond acceptors (Lipinski definition) is 6. The Kier molecular flexibility index (Phi) is 9.17. The lowest BCUT2D eigenvalue weighted by Gasteiger charge is -2.43. The van der Waals surface area contributed by atoms with Gasteiger partial charge in [0.1, 0.15) is 12.4 Å². The molecule has 40 heavy (non-hydrogen) atoms. The number of para-hydroxylation sites is 1. The Morgan fingerprint density at radius 2 is 1.90 bits per heavy atom. The third kappa shape index (κ3) is 6.73. The first-order chi connectivity index (χ1) is 19.5. The third-order valence-electron chi connectivity index (χ3n) is 8.31. The number of carbonyl (C=O) groups excluding carboxylic acids is 2.